The van der Waals surface area contributed by atoms with Crippen LogP contribution in [-0.4, -0.2) is 50.8 Å². The summed E-state index contributed by atoms with van der Waals surface area (Å²) in [6.07, 6.45) is 3.89. The highest BCUT2D eigenvalue weighted by Crippen LogP contribution is 2.41. The number of methoxy groups -OCH3 is 1. The minimum atomic E-state index is 0.432. The molecule has 1 aliphatic carbocycles. The van der Waals surface area contributed by atoms with Crippen molar-refractivity contribution in [1.82, 2.24) is 10.2 Å². The van der Waals surface area contributed by atoms with Gasteiger partial charge in [0.05, 0.1) is 6.61 Å². The van der Waals surface area contributed by atoms with Crippen LogP contribution in [0, 0.1) is 11.3 Å². The summed E-state index contributed by atoms with van der Waals surface area (Å²) in [5.41, 5.74) is 0.432. The summed E-state index contributed by atoms with van der Waals surface area (Å²) < 4.78 is 5.27. The van der Waals surface area contributed by atoms with Gasteiger partial charge in [-0.3, -0.25) is 4.90 Å². The Labute approximate surface area is 120 Å². The highest BCUT2D eigenvalue weighted by molar-refractivity contribution is 4.96. The average molecular weight is 270 g/mol. The van der Waals surface area contributed by atoms with Crippen LogP contribution < -0.4 is 5.32 Å². The minimum Gasteiger partial charge on any atom is -0.383 e. The van der Waals surface area contributed by atoms with Crippen LogP contribution in [0.3, 0.4) is 0 Å². The van der Waals surface area contributed by atoms with E-state index in [1.165, 1.54) is 25.8 Å². The first-order chi connectivity index (χ1) is 8.96. The largest absolute Gasteiger partial charge is 0.383 e. The molecule has 3 nitrogen and oxygen atoms in total. The molecule has 0 saturated heterocycles. The number of nitrogens with one attached hydrogen (secondary N) is 1. The van der Waals surface area contributed by atoms with Gasteiger partial charge in [-0.05, 0) is 44.6 Å². The van der Waals surface area contributed by atoms with E-state index < -0.39 is 0 Å². The smallest absolute Gasteiger partial charge is 0.0589 e. The first kappa shape index (κ1) is 16.9. The van der Waals surface area contributed by atoms with Crippen LogP contribution in [0.15, 0.2) is 0 Å². The van der Waals surface area contributed by atoms with E-state index in [-0.39, 0.29) is 0 Å². The second-order valence-electron chi connectivity index (χ2n) is 6.80. The Bertz CT molecular complexity index is 255. The summed E-state index contributed by atoms with van der Waals surface area (Å²) in [7, 11) is 3.91. The molecule has 0 aromatic heterocycles. The molecule has 0 radical (unpaired) electrons. The molecule has 1 aliphatic rings. The molecule has 3 atom stereocenters. The van der Waals surface area contributed by atoms with Gasteiger partial charge in [0.25, 0.3) is 0 Å². The van der Waals surface area contributed by atoms with Crippen molar-refractivity contribution >= 4 is 0 Å². The van der Waals surface area contributed by atoms with Gasteiger partial charge in [-0.2, -0.15) is 0 Å². The van der Waals surface area contributed by atoms with Crippen molar-refractivity contribution < 1.29 is 4.74 Å². The fourth-order valence-corrected chi connectivity index (χ4v) is 3.60. The summed E-state index contributed by atoms with van der Waals surface area (Å²) in [4.78, 5) is 2.61. The maximum atomic E-state index is 5.27. The molecule has 114 valence electrons. The van der Waals surface area contributed by atoms with E-state index in [4.69, 9.17) is 4.74 Å². The fourth-order valence-electron chi connectivity index (χ4n) is 3.60. The molecule has 1 rings (SSSR count). The van der Waals surface area contributed by atoms with E-state index in [2.05, 4.69) is 45.0 Å². The molecule has 3 heteroatoms. The first-order valence-electron chi connectivity index (χ1n) is 7.86. The standard InChI is InChI=1S/C16H34N2O/c1-7-13(2)18(10-11-19-6)12-14-8-9-16(3,4)15(14)17-5/h13-15,17H,7-12H2,1-6H3. The highest BCUT2D eigenvalue weighted by Gasteiger charge is 2.41. The van der Waals surface area contributed by atoms with Gasteiger partial charge in [0.2, 0.25) is 0 Å². The number of hydrogen-bond acceptors (Lipinski definition) is 3. The SMILES string of the molecule is CCC(C)N(CCOC)CC1CCC(C)(C)C1NC. The maximum Gasteiger partial charge on any atom is 0.0589 e. The quantitative estimate of drug-likeness (QED) is 0.734. The van der Waals surface area contributed by atoms with Crippen molar-refractivity contribution in [1.29, 1.82) is 0 Å². The van der Waals surface area contributed by atoms with Gasteiger partial charge in [0.1, 0.15) is 0 Å². The molecule has 0 aliphatic heterocycles. The van der Waals surface area contributed by atoms with E-state index >= 15 is 0 Å². The number of hydrogen-bond donors (Lipinski definition) is 1. The number of rotatable bonds is 8. The summed E-state index contributed by atoms with van der Waals surface area (Å²) in [5.74, 6) is 0.769. The minimum absolute atomic E-state index is 0.432. The maximum absolute atomic E-state index is 5.27. The van der Waals surface area contributed by atoms with Gasteiger partial charge in [0.15, 0.2) is 0 Å². The molecule has 0 heterocycles. The lowest BCUT2D eigenvalue weighted by Crippen LogP contribution is -2.46. The van der Waals surface area contributed by atoms with Gasteiger partial charge in [-0.1, -0.05) is 20.8 Å². The molecule has 0 amide bonds. The number of nitrogens with zero attached hydrogens (tertiary/aromatic N) is 1. The zero-order chi connectivity index (χ0) is 14.5. The second-order valence-corrected chi connectivity index (χ2v) is 6.80. The molecule has 1 fully saturated rings. The van der Waals surface area contributed by atoms with E-state index in [1.54, 1.807) is 7.11 Å². The Morgan fingerprint density at radius 1 is 1.42 bits per heavy atom. The van der Waals surface area contributed by atoms with Gasteiger partial charge >= 0.3 is 0 Å². The van der Waals surface area contributed by atoms with Crippen molar-refractivity contribution in [2.24, 2.45) is 11.3 Å². The van der Waals surface area contributed by atoms with Crippen LogP contribution in [0.25, 0.3) is 0 Å². The summed E-state index contributed by atoms with van der Waals surface area (Å²) in [6, 6.07) is 1.29. The number of ether oxygens (including phenoxy) is 1. The van der Waals surface area contributed by atoms with Crippen LogP contribution in [0.5, 0.6) is 0 Å². The van der Waals surface area contributed by atoms with E-state index in [1.807, 2.05) is 0 Å². The second kappa shape index (κ2) is 7.61. The third-order valence-corrected chi connectivity index (χ3v) is 5.05. The van der Waals surface area contributed by atoms with Crippen molar-refractivity contribution in [3.63, 3.8) is 0 Å². The Balaban J connectivity index is 2.62. The van der Waals surface area contributed by atoms with Gasteiger partial charge in [-0.25, -0.2) is 0 Å². The average Bonchev–Trinajstić information content (AvgIpc) is 2.67. The third kappa shape index (κ3) is 4.44. The van der Waals surface area contributed by atoms with Crippen molar-refractivity contribution in [2.75, 3.05) is 33.9 Å². The Morgan fingerprint density at radius 3 is 2.63 bits per heavy atom. The zero-order valence-electron chi connectivity index (χ0n) is 13.8. The molecule has 0 aromatic carbocycles. The Hall–Kier alpha value is -0.120. The van der Waals surface area contributed by atoms with Crippen LogP contribution in [-0.2, 0) is 4.74 Å². The van der Waals surface area contributed by atoms with Crippen LogP contribution in [0.4, 0.5) is 0 Å². The molecular formula is C16H34N2O. The van der Waals surface area contributed by atoms with Gasteiger partial charge in [-0.15, -0.1) is 0 Å². The lowest BCUT2D eigenvalue weighted by Gasteiger charge is -2.35. The van der Waals surface area contributed by atoms with Crippen LogP contribution >= 0.6 is 0 Å². The monoisotopic (exact) mass is 270 g/mol. The third-order valence-electron chi connectivity index (χ3n) is 5.05. The zero-order valence-corrected chi connectivity index (χ0v) is 13.8. The summed E-state index contributed by atoms with van der Waals surface area (Å²) in [6.45, 7) is 12.5. The van der Waals surface area contributed by atoms with Crippen molar-refractivity contribution in [3.05, 3.63) is 0 Å². The molecule has 0 aromatic rings. The summed E-state index contributed by atoms with van der Waals surface area (Å²) in [5, 5.41) is 3.56. The Morgan fingerprint density at radius 2 is 2.11 bits per heavy atom. The fraction of sp³-hybridized carbons (Fsp3) is 1.00. The Kier molecular flexibility index (Phi) is 6.78. The molecule has 1 N–H and O–H groups in total. The predicted molar refractivity (Wildman–Crippen MR) is 82.6 cm³/mol. The highest BCUT2D eigenvalue weighted by atomic mass is 16.5. The molecule has 19 heavy (non-hydrogen) atoms. The molecule has 3 unspecified atom stereocenters. The first-order valence-corrected chi connectivity index (χ1v) is 7.86. The lowest BCUT2D eigenvalue weighted by molar-refractivity contribution is 0.101. The topological polar surface area (TPSA) is 24.5 Å². The van der Waals surface area contributed by atoms with Crippen LogP contribution in [0.1, 0.15) is 47.0 Å². The van der Waals surface area contributed by atoms with E-state index in [9.17, 15) is 0 Å². The lowest BCUT2D eigenvalue weighted by atomic mass is 9.84. The predicted octanol–water partition coefficient (Wildman–Crippen LogP) is 2.76. The van der Waals surface area contributed by atoms with Crippen molar-refractivity contribution in [2.45, 2.75) is 59.0 Å². The molecular weight excluding hydrogens is 236 g/mol. The van der Waals surface area contributed by atoms with E-state index in [0.717, 1.165) is 19.1 Å². The van der Waals surface area contributed by atoms with Gasteiger partial charge in [0, 0.05) is 32.3 Å². The molecule has 0 spiro atoms. The normalized spacial score (nSPS) is 27.9. The van der Waals surface area contributed by atoms with E-state index in [0.29, 0.717) is 17.5 Å². The van der Waals surface area contributed by atoms with Gasteiger partial charge < -0.3 is 10.1 Å². The summed E-state index contributed by atoms with van der Waals surface area (Å²) >= 11 is 0. The van der Waals surface area contributed by atoms with Crippen LogP contribution in [0.2, 0.25) is 0 Å². The molecule has 1 saturated carbocycles. The molecule has 0 bridgehead atoms. The van der Waals surface area contributed by atoms with Crippen molar-refractivity contribution in [3.8, 4) is 0 Å².